The summed E-state index contributed by atoms with van der Waals surface area (Å²) in [5.41, 5.74) is -0.571. The molecule has 0 bridgehead atoms. The van der Waals surface area contributed by atoms with Crippen molar-refractivity contribution in [1.29, 1.82) is 0 Å². The molecule has 2 atom stereocenters. The average Bonchev–Trinajstić information content (AvgIpc) is 2.37. The first-order valence-corrected chi connectivity index (χ1v) is 8.10. The van der Waals surface area contributed by atoms with E-state index in [1.807, 2.05) is 20.8 Å². The van der Waals surface area contributed by atoms with Gasteiger partial charge in [-0.25, -0.2) is 4.79 Å². The molecule has 7 nitrogen and oxygen atoms in total. The van der Waals surface area contributed by atoms with E-state index in [4.69, 9.17) is 4.74 Å². The minimum absolute atomic E-state index is 0.00582. The molecular formula is C16H27N3O4. The molecule has 0 saturated carbocycles. The Hall–Kier alpha value is -1.79. The molecule has 0 aromatic carbocycles. The Morgan fingerprint density at radius 1 is 1.26 bits per heavy atom. The highest BCUT2D eigenvalue weighted by Crippen LogP contribution is 2.24. The summed E-state index contributed by atoms with van der Waals surface area (Å²) < 4.78 is 5.34. The van der Waals surface area contributed by atoms with E-state index in [1.54, 1.807) is 23.9 Å². The standard InChI is InChI=1S/C16H27N3O4/c1-16(2,3)23-15(22)19-9-8-12(19)14(21)18(5)11-6-7-13(20)17(4)10-11/h11-12H,6-10H2,1-5H3/t11?,12-/m1/s1. The molecule has 2 heterocycles. The largest absolute Gasteiger partial charge is 0.444 e. The highest BCUT2D eigenvalue weighted by atomic mass is 16.6. The molecule has 2 saturated heterocycles. The smallest absolute Gasteiger partial charge is 0.410 e. The van der Waals surface area contributed by atoms with Crippen molar-refractivity contribution in [1.82, 2.24) is 14.7 Å². The minimum Gasteiger partial charge on any atom is -0.444 e. The lowest BCUT2D eigenvalue weighted by atomic mass is 9.99. The van der Waals surface area contributed by atoms with E-state index in [1.165, 1.54) is 4.90 Å². The van der Waals surface area contributed by atoms with Crippen LogP contribution in [0.15, 0.2) is 0 Å². The van der Waals surface area contributed by atoms with Crippen LogP contribution in [-0.4, -0.2) is 77.5 Å². The number of piperidine rings is 1. The molecule has 2 aliphatic heterocycles. The average molecular weight is 325 g/mol. The summed E-state index contributed by atoms with van der Waals surface area (Å²) in [5, 5.41) is 0. The fourth-order valence-electron chi connectivity index (χ4n) is 2.90. The summed E-state index contributed by atoms with van der Waals surface area (Å²) in [5.74, 6) is 0.0379. The zero-order valence-corrected chi connectivity index (χ0v) is 14.7. The Balaban J connectivity index is 1.94. The third-order valence-corrected chi connectivity index (χ3v) is 4.43. The Kier molecular flexibility index (Phi) is 4.87. The lowest BCUT2D eigenvalue weighted by molar-refractivity contribution is -0.146. The highest BCUT2D eigenvalue weighted by Gasteiger charge is 2.42. The van der Waals surface area contributed by atoms with Crippen LogP contribution in [0.3, 0.4) is 0 Å². The molecule has 3 amide bonds. The van der Waals surface area contributed by atoms with Crippen LogP contribution in [0.2, 0.25) is 0 Å². The molecule has 0 aromatic heterocycles. The summed E-state index contributed by atoms with van der Waals surface area (Å²) in [4.78, 5) is 41.2. The van der Waals surface area contributed by atoms with Gasteiger partial charge >= 0.3 is 6.09 Å². The van der Waals surface area contributed by atoms with Crippen LogP contribution in [0.5, 0.6) is 0 Å². The van der Waals surface area contributed by atoms with Gasteiger partial charge in [-0.2, -0.15) is 0 Å². The number of carbonyl (C=O) groups is 3. The van der Waals surface area contributed by atoms with Crippen molar-refractivity contribution < 1.29 is 19.1 Å². The van der Waals surface area contributed by atoms with Crippen molar-refractivity contribution in [2.24, 2.45) is 0 Å². The van der Waals surface area contributed by atoms with Crippen LogP contribution in [0.4, 0.5) is 4.79 Å². The number of amides is 3. The fourth-order valence-corrected chi connectivity index (χ4v) is 2.90. The number of hydrogen-bond acceptors (Lipinski definition) is 4. The molecule has 1 unspecified atom stereocenters. The Bertz CT molecular complexity index is 500. The van der Waals surface area contributed by atoms with Crippen molar-refractivity contribution in [3.05, 3.63) is 0 Å². The molecule has 0 radical (unpaired) electrons. The second-order valence-electron chi connectivity index (χ2n) is 7.39. The molecule has 7 heteroatoms. The maximum Gasteiger partial charge on any atom is 0.410 e. The molecule has 0 aliphatic carbocycles. The van der Waals surface area contributed by atoms with Crippen LogP contribution in [0.1, 0.15) is 40.0 Å². The first kappa shape index (κ1) is 17.6. The third kappa shape index (κ3) is 3.95. The van der Waals surface area contributed by atoms with Gasteiger partial charge in [0.1, 0.15) is 11.6 Å². The summed E-state index contributed by atoms with van der Waals surface area (Å²) in [6.45, 7) is 6.51. The molecule has 2 rings (SSSR count). The van der Waals surface area contributed by atoms with Gasteiger partial charge in [0.05, 0.1) is 0 Å². The molecule has 0 N–H and O–H groups in total. The predicted octanol–water partition coefficient (Wildman–Crippen LogP) is 1.07. The molecule has 0 aromatic rings. The first-order valence-electron chi connectivity index (χ1n) is 8.10. The number of hydrogen-bond donors (Lipinski definition) is 0. The van der Waals surface area contributed by atoms with Gasteiger partial charge in [0, 0.05) is 39.6 Å². The van der Waals surface area contributed by atoms with Crippen LogP contribution in [0, 0.1) is 0 Å². The molecule has 2 fully saturated rings. The molecule has 0 spiro atoms. The Labute approximate surface area is 137 Å². The number of likely N-dealkylation sites (N-methyl/N-ethyl adjacent to an activating group) is 2. The fraction of sp³-hybridized carbons (Fsp3) is 0.812. The van der Waals surface area contributed by atoms with Gasteiger partial charge < -0.3 is 14.5 Å². The third-order valence-electron chi connectivity index (χ3n) is 4.43. The maximum atomic E-state index is 12.7. The quantitative estimate of drug-likeness (QED) is 0.761. The topological polar surface area (TPSA) is 70.2 Å². The van der Waals surface area contributed by atoms with Crippen molar-refractivity contribution in [2.75, 3.05) is 27.2 Å². The summed E-state index contributed by atoms with van der Waals surface area (Å²) in [6.07, 6.45) is 1.35. The van der Waals surface area contributed by atoms with Gasteiger partial charge in [0.2, 0.25) is 11.8 Å². The van der Waals surface area contributed by atoms with E-state index >= 15 is 0 Å². The van der Waals surface area contributed by atoms with Gasteiger partial charge in [-0.05, 0) is 33.6 Å². The van der Waals surface area contributed by atoms with Crippen molar-refractivity contribution in [3.8, 4) is 0 Å². The molecular weight excluding hydrogens is 298 g/mol. The van der Waals surface area contributed by atoms with Gasteiger partial charge in [-0.3, -0.25) is 14.5 Å². The van der Waals surface area contributed by atoms with E-state index in [0.29, 0.717) is 32.4 Å². The lowest BCUT2D eigenvalue weighted by Crippen LogP contribution is -2.61. The van der Waals surface area contributed by atoms with Gasteiger partial charge in [0.15, 0.2) is 0 Å². The van der Waals surface area contributed by atoms with Crippen molar-refractivity contribution in [2.45, 2.75) is 57.7 Å². The van der Waals surface area contributed by atoms with Crippen molar-refractivity contribution in [3.63, 3.8) is 0 Å². The highest BCUT2D eigenvalue weighted by molar-refractivity contribution is 5.87. The van der Waals surface area contributed by atoms with E-state index in [2.05, 4.69) is 0 Å². The number of carbonyl (C=O) groups excluding carboxylic acids is 3. The number of rotatable bonds is 2. The van der Waals surface area contributed by atoms with E-state index in [9.17, 15) is 14.4 Å². The maximum absolute atomic E-state index is 12.7. The normalized spacial score (nSPS) is 25.0. The predicted molar refractivity (Wildman–Crippen MR) is 84.8 cm³/mol. The van der Waals surface area contributed by atoms with Crippen LogP contribution >= 0.6 is 0 Å². The van der Waals surface area contributed by atoms with Crippen LogP contribution < -0.4 is 0 Å². The number of nitrogens with zero attached hydrogens (tertiary/aromatic N) is 3. The number of ether oxygens (including phenoxy) is 1. The van der Waals surface area contributed by atoms with Crippen LogP contribution in [-0.2, 0) is 14.3 Å². The SMILES string of the molecule is CN1CC(N(C)C(=O)[C@H]2CCN2C(=O)OC(C)(C)C)CCC1=O. The Morgan fingerprint density at radius 2 is 1.91 bits per heavy atom. The molecule has 2 aliphatic rings. The van der Waals surface area contributed by atoms with E-state index in [-0.39, 0.29) is 17.9 Å². The second kappa shape index (κ2) is 6.37. The molecule has 130 valence electrons. The number of likely N-dealkylation sites (tertiary alicyclic amines) is 2. The second-order valence-corrected chi connectivity index (χ2v) is 7.39. The van der Waals surface area contributed by atoms with Gasteiger partial charge in [0.25, 0.3) is 0 Å². The van der Waals surface area contributed by atoms with Crippen LogP contribution in [0.25, 0.3) is 0 Å². The summed E-state index contributed by atoms with van der Waals surface area (Å²) in [6, 6.07) is -0.441. The monoisotopic (exact) mass is 325 g/mol. The van der Waals surface area contributed by atoms with E-state index < -0.39 is 17.7 Å². The zero-order valence-electron chi connectivity index (χ0n) is 14.7. The summed E-state index contributed by atoms with van der Waals surface area (Å²) in [7, 11) is 3.51. The van der Waals surface area contributed by atoms with Crippen molar-refractivity contribution >= 4 is 17.9 Å². The minimum atomic E-state index is -0.571. The first-order chi connectivity index (χ1) is 10.6. The zero-order chi connectivity index (χ0) is 17.4. The Morgan fingerprint density at radius 3 is 2.39 bits per heavy atom. The van der Waals surface area contributed by atoms with Gasteiger partial charge in [-0.15, -0.1) is 0 Å². The summed E-state index contributed by atoms with van der Waals surface area (Å²) >= 11 is 0. The molecule has 23 heavy (non-hydrogen) atoms. The van der Waals surface area contributed by atoms with Gasteiger partial charge in [-0.1, -0.05) is 0 Å². The lowest BCUT2D eigenvalue weighted by Gasteiger charge is -2.44. The van der Waals surface area contributed by atoms with E-state index in [0.717, 1.165) is 0 Å².